The predicted molar refractivity (Wildman–Crippen MR) is 81.4 cm³/mol. The molecule has 3 rings (SSSR count). The lowest BCUT2D eigenvalue weighted by Crippen LogP contribution is -2.11. The van der Waals surface area contributed by atoms with Crippen LogP contribution in [-0.4, -0.2) is 4.57 Å². The molecule has 96 valence electrons. The number of para-hydroxylation sites is 1. The largest absolute Gasteiger partial charge is 0.339 e. The number of pyridine rings is 1. The molecule has 0 spiro atoms. The van der Waals surface area contributed by atoms with Gasteiger partial charge in [0.15, 0.2) is 5.43 Å². The molecule has 19 heavy (non-hydrogen) atoms. The van der Waals surface area contributed by atoms with E-state index in [9.17, 15) is 4.79 Å². The van der Waals surface area contributed by atoms with E-state index in [1.165, 1.54) is 0 Å². The number of aryl methyl sites for hydroxylation is 1. The summed E-state index contributed by atoms with van der Waals surface area (Å²) in [7, 11) is 0. The van der Waals surface area contributed by atoms with Crippen LogP contribution >= 0.6 is 23.2 Å². The molecule has 0 aliphatic rings. The Balaban J connectivity index is 2.69. The van der Waals surface area contributed by atoms with Crippen LogP contribution in [0.5, 0.6) is 0 Å². The summed E-state index contributed by atoms with van der Waals surface area (Å²) in [5, 5.41) is 2.41. The van der Waals surface area contributed by atoms with Gasteiger partial charge in [-0.1, -0.05) is 29.3 Å². The normalized spacial score (nSPS) is 11.3. The molecule has 1 aromatic heterocycles. The predicted octanol–water partition coefficient (Wildman–Crippen LogP) is 4.48. The first kappa shape index (κ1) is 12.5. The topological polar surface area (TPSA) is 22.0 Å². The maximum atomic E-state index is 12.5. The molecule has 2 aromatic carbocycles. The van der Waals surface area contributed by atoms with Crippen LogP contribution in [0.1, 0.15) is 6.92 Å². The molecule has 0 unspecified atom stereocenters. The van der Waals surface area contributed by atoms with Crippen LogP contribution in [0.25, 0.3) is 21.8 Å². The van der Waals surface area contributed by atoms with Crippen LogP contribution in [0.3, 0.4) is 0 Å². The Labute approximate surface area is 120 Å². The molecule has 0 aliphatic carbocycles. The van der Waals surface area contributed by atoms with Gasteiger partial charge in [-0.15, -0.1) is 0 Å². The van der Waals surface area contributed by atoms with Crippen LogP contribution < -0.4 is 5.43 Å². The number of rotatable bonds is 1. The number of halogens is 2. The third-order valence-corrected chi connectivity index (χ3v) is 3.85. The van der Waals surface area contributed by atoms with Crippen LogP contribution in [-0.2, 0) is 6.54 Å². The smallest absolute Gasteiger partial charge is 0.197 e. The highest BCUT2D eigenvalue weighted by atomic mass is 35.5. The molecule has 0 amide bonds. The zero-order valence-corrected chi connectivity index (χ0v) is 11.8. The van der Waals surface area contributed by atoms with Crippen molar-refractivity contribution >= 4 is 45.0 Å². The fraction of sp³-hybridized carbons (Fsp3) is 0.133. The standard InChI is InChI=1S/C15H11Cl2NO/c1-2-18-13-7-6-9(16)8-11(13)15(19)10-4-3-5-12(17)14(10)18/h3-8H,2H2,1H3. The first-order chi connectivity index (χ1) is 9.13. The molecule has 1 heterocycles. The first-order valence-corrected chi connectivity index (χ1v) is 6.79. The van der Waals surface area contributed by atoms with Crippen molar-refractivity contribution in [2.45, 2.75) is 13.5 Å². The third kappa shape index (κ3) is 1.83. The van der Waals surface area contributed by atoms with E-state index in [4.69, 9.17) is 23.2 Å². The molecule has 0 saturated carbocycles. The molecule has 0 bridgehead atoms. The summed E-state index contributed by atoms with van der Waals surface area (Å²) in [5.74, 6) is 0. The number of fused-ring (bicyclic) bond motifs is 2. The van der Waals surface area contributed by atoms with Gasteiger partial charge in [-0.2, -0.15) is 0 Å². The maximum Gasteiger partial charge on any atom is 0.197 e. The minimum atomic E-state index is -0.0281. The average molecular weight is 292 g/mol. The fourth-order valence-corrected chi connectivity index (χ4v) is 2.94. The van der Waals surface area contributed by atoms with E-state index < -0.39 is 0 Å². The average Bonchev–Trinajstić information content (AvgIpc) is 2.41. The Kier molecular flexibility index (Phi) is 3.00. The second kappa shape index (κ2) is 4.55. The van der Waals surface area contributed by atoms with Crippen LogP contribution in [0.4, 0.5) is 0 Å². The van der Waals surface area contributed by atoms with E-state index in [2.05, 4.69) is 0 Å². The first-order valence-electron chi connectivity index (χ1n) is 6.03. The molecule has 4 heteroatoms. The molecule has 0 saturated heterocycles. The van der Waals surface area contributed by atoms with Gasteiger partial charge in [0, 0.05) is 22.3 Å². The maximum absolute atomic E-state index is 12.5. The lowest BCUT2D eigenvalue weighted by molar-refractivity contribution is 0.821. The summed E-state index contributed by atoms with van der Waals surface area (Å²) in [4.78, 5) is 12.5. The van der Waals surface area contributed by atoms with Crippen molar-refractivity contribution in [2.75, 3.05) is 0 Å². The SMILES string of the molecule is CCn1c2ccc(Cl)cc2c(=O)c2cccc(Cl)c21. The van der Waals surface area contributed by atoms with Gasteiger partial charge in [0.25, 0.3) is 0 Å². The molecule has 0 aliphatic heterocycles. The van der Waals surface area contributed by atoms with E-state index in [1.807, 2.05) is 17.6 Å². The van der Waals surface area contributed by atoms with Crippen molar-refractivity contribution in [3.63, 3.8) is 0 Å². The molecule has 0 atom stereocenters. The molecule has 0 radical (unpaired) electrons. The van der Waals surface area contributed by atoms with Crippen molar-refractivity contribution in [3.8, 4) is 0 Å². The van der Waals surface area contributed by atoms with Gasteiger partial charge in [-0.25, -0.2) is 0 Å². The summed E-state index contributed by atoms with van der Waals surface area (Å²) in [6, 6.07) is 10.8. The van der Waals surface area contributed by atoms with Crippen molar-refractivity contribution in [1.82, 2.24) is 4.57 Å². The molecular weight excluding hydrogens is 281 g/mol. The van der Waals surface area contributed by atoms with Crippen molar-refractivity contribution in [2.24, 2.45) is 0 Å². The van der Waals surface area contributed by atoms with Gasteiger partial charge in [0.2, 0.25) is 0 Å². The highest BCUT2D eigenvalue weighted by Gasteiger charge is 2.12. The van der Waals surface area contributed by atoms with Crippen molar-refractivity contribution < 1.29 is 0 Å². The lowest BCUT2D eigenvalue weighted by atomic mass is 10.1. The zero-order valence-electron chi connectivity index (χ0n) is 10.3. The van der Waals surface area contributed by atoms with E-state index in [1.54, 1.807) is 30.3 Å². The van der Waals surface area contributed by atoms with Crippen molar-refractivity contribution in [1.29, 1.82) is 0 Å². The fourth-order valence-electron chi connectivity index (χ4n) is 2.49. The minimum absolute atomic E-state index is 0.0281. The second-order valence-corrected chi connectivity index (χ2v) is 5.21. The number of benzene rings is 2. The Morgan fingerprint density at radius 1 is 1.11 bits per heavy atom. The summed E-state index contributed by atoms with van der Waals surface area (Å²) >= 11 is 12.3. The molecule has 0 N–H and O–H groups in total. The van der Waals surface area contributed by atoms with E-state index in [0.717, 1.165) is 17.6 Å². The van der Waals surface area contributed by atoms with Gasteiger partial charge in [0.05, 0.1) is 16.1 Å². The molecule has 3 aromatic rings. The highest BCUT2D eigenvalue weighted by molar-refractivity contribution is 6.35. The third-order valence-electron chi connectivity index (χ3n) is 3.31. The number of hydrogen-bond acceptors (Lipinski definition) is 1. The summed E-state index contributed by atoms with van der Waals surface area (Å²) < 4.78 is 2.05. The summed E-state index contributed by atoms with van der Waals surface area (Å²) in [6.45, 7) is 2.76. The quantitative estimate of drug-likeness (QED) is 0.606. The highest BCUT2D eigenvalue weighted by Crippen LogP contribution is 2.26. The van der Waals surface area contributed by atoms with Gasteiger partial charge < -0.3 is 4.57 Å². The van der Waals surface area contributed by atoms with Crippen molar-refractivity contribution in [3.05, 3.63) is 56.7 Å². The van der Waals surface area contributed by atoms with Crippen LogP contribution in [0, 0.1) is 0 Å². The van der Waals surface area contributed by atoms with E-state index >= 15 is 0 Å². The van der Waals surface area contributed by atoms with Crippen LogP contribution in [0.2, 0.25) is 10.0 Å². The Morgan fingerprint density at radius 2 is 1.89 bits per heavy atom. The van der Waals surface area contributed by atoms with Gasteiger partial charge in [-0.3, -0.25) is 4.79 Å². The minimum Gasteiger partial charge on any atom is -0.339 e. The monoisotopic (exact) mass is 291 g/mol. The van der Waals surface area contributed by atoms with Gasteiger partial charge in [0.1, 0.15) is 0 Å². The molecular formula is C15H11Cl2NO. The van der Waals surface area contributed by atoms with Gasteiger partial charge in [-0.05, 0) is 37.3 Å². The summed E-state index contributed by atoms with van der Waals surface area (Å²) in [6.07, 6.45) is 0. The Hall–Kier alpha value is -1.51. The zero-order chi connectivity index (χ0) is 13.6. The summed E-state index contributed by atoms with van der Waals surface area (Å²) in [5.41, 5.74) is 1.61. The molecule has 2 nitrogen and oxygen atoms in total. The van der Waals surface area contributed by atoms with Crippen LogP contribution in [0.15, 0.2) is 41.2 Å². The van der Waals surface area contributed by atoms with E-state index in [-0.39, 0.29) is 5.43 Å². The Bertz CT molecular complexity index is 845. The number of nitrogens with zero attached hydrogens (tertiary/aromatic N) is 1. The number of hydrogen-bond donors (Lipinski definition) is 0. The second-order valence-electron chi connectivity index (χ2n) is 4.37. The van der Waals surface area contributed by atoms with E-state index in [0.29, 0.717) is 20.8 Å². The number of aromatic nitrogens is 1. The van der Waals surface area contributed by atoms with Gasteiger partial charge >= 0.3 is 0 Å². The lowest BCUT2D eigenvalue weighted by Gasteiger charge is -2.14. The Morgan fingerprint density at radius 3 is 2.63 bits per heavy atom. The molecule has 0 fully saturated rings.